The second kappa shape index (κ2) is 18.7. The van der Waals surface area contributed by atoms with Crippen molar-refractivity contribution in [3.8, 4) is 0 Å². The Hall–Kier alpha value is -1.06. The number of hydrogen-bond donors (Lipinski definition) is 0. The van der Waals surface area contributed by atoms with Crippen molar-refractivity contribution in [3.05, 3.63) is 0 Å². The van der Waals surface area contributed by atoms with E-state index in [1.807, 2.05) is 27.7 Å². The lowest BCUT2D eigenvalue weighted by Gasteiger charge is -2.24. The molecule has 0 aromatic carbocycles. The van der Waals surface area contributed by atoms with Crippen molar-refractivity contribution in [2.45, 2.75) is 144 Å². The number of carbonyl (C=O) groups is 2. The quantitative estimate of drug-likeness (QED) is 0.157. The smallest absolute Gasteiger partial charge is 0.309 e. The molecule has 0 heterocycles. The molecule has 0 aromatic heterocycles. The Kier molecular flexibility index (Phi) is 18.0. The highest BCUT2D eigenvalue weighted by atomic mass is 16.5. The molecule has 4 heteroatoms. The summed E-state index contributed by atoms with van der Waals surface area (Å²) in [5.41, 5.74) is 0. The molecule has 0 radical (unpaired) electrons. The Labute approximate surface area is 186 Å². The van der Waals surface area contributed by atoms with Gasteiger partial charge in [-0.2, -0.15) is 0 Å². The molecule has 2 unspecified atom stereocenters. The summed E-state index contributed by atoms with van der Waals surface area (Å²) >= 11 is 0. The fraction of sp³-hybridized carbons (Fsp3) is 0.923. The Balaban J connectivity index is 3.67. The molecule has 4 nitrogen and oxygen atoms in total. The van der Waals surface area contributed by atoms with E-state index in [0.717, 1.165) is 32.1 Å². The largest absolute Gasteiger partial charge is 0.463 e. The molecule has 0 aliphatic carbocycles. The topological polar surface area (TPSA) is 52.6 Å². The normalized spacial score (nSPS) is 13.5. The van der Waals surface area contributed by atoms with Crippen molar-refractivity contribution in [3.63, 3.8) is 0 Å². The van der Waals surface area contributed by atoms with Gasteiger partial charge in [-0.15, -0.1) is 0 Å². The minimum atomic E-state index is -0.0580. The van der Waals surface area contributed by atoms with Crippen LogP contribution < -0.4 is 0 Å². The molecule has 0 N–H and O–H groups in total. The molecule has 0 aliphatic heterocycles. The van der Waals surface area contributed by atoms with Crippen LogP contribution in [0.15, 0.2) is 0 Å². The highest BCUT2D eigenvalue weighted by Crippen LogP contribution is 2.27. The molecule has 0 fully saturated rings. The van der Waals surface area contributed by atoms with Crippen LogP contribution in [-0.2, 0) is 19.1 Å². The molecule has 0 aliphatic rings. The lowest BCUT2D eigenvalue weighted by Crippen LogP contribution is -2.27. The van der Waals surface area contributed by atoms with E-state index in [4.69, 9.17) is 9.47 Å². The summed E-state index contributed by atoms with van der Waals surface area (Å²) in [4.78, 5) is 23.8. The van der Waals surface area contributed by atoms with Gasteiger partial charge in [0.15, 0.2) is 0 Å². The van der Waals surface area contributed by atoms with Crippen molar-refractivity contribution in [2.75, 3.05) is 0 Å². The zero-order valence-corrected chi connectivity index (χ0v) is 20.8. The van der Waals surface area contributed by atoms with Gasteiger partial charge in [-0.1, -0.05) is 78.1 Å². The number of hydrogen-bond acceptors (Lipinski definition) is 4. The lowest BCUT2D eigenvalue weighted by atomic mass is 9.84. The molecule has 30 heavy (non-hydrogen) atoms. The van der Waals surface area contributed by atoms with E-state index in [9.17, 15) is 9.59 Å². The van der Waals surface area contributed by atoms with Gasteiger partial charge in [-0.05, 0) is 52.9 Å². The third kappa shape index (κ3) is 15.7. The van der Waals surface area contributed by atoms with Crippen LogP contribution in [0.5, 0.6) is 0 Å². The van der Waals surface area contributed by atoms with Crippen molar-refractivity contribution in [1.29, 1.82) is 0 Å². The van der Waals surface area contributed by atoms with Gasteiger partial charge >= 0.3 is 11.9 Å². The Morgan fingerprint density at radius 3 is 1.53 bits per heavy atom. The summed E-state index contributed by atoms with van der Waals surface area (Å²) in [5.74, 6) is 0.456. The third-order valence-electron chi connectivity index (χ3n) is 5.76. The second-order valence-electron chi connectivity index (χ2n) is 9.28. The van der Waals surface area contributed by atoms with Crippen LogP contribution in [-0.4, -0.2) is 24.1 Å². The van der Waals surface area contributed by atoms with E-state index < -0.39 is 0 Å². The highest BCUT2D eigenvalue weighted by Gasteiger charge is 2.27. The van der Waals surface area contributed by atoms with Crippen molar-refractivity contribution in [1.82, 2.24) is 0 Å². The van der Waals surface area contributed by atoms with Crippen LogP contribution in [0.25, 0.3) is 0 Å². The average Bonchev–Trinajstić information content (AvgIpc) is 2.66. The van der Waals surface area contributed by atoms with Crippen LogP contribution >= 0.6 is 0 Å². The lowest BCUT2D eigenvalue weighted by molar-refractivity contribution is -0.155. The van der Waals surface area contributed by atoms with Crippen molar-refractivity contribution in [2.24, 2.45) is 11.8 Å². The molecule has 0 aromatic rings. The zero-order valence-electron chi connectivity index (χ0n) is 20.8. The maximum atomic E-state index is 12.3. The van der Waals surface area contributed by atoms with Gasteiger partial charge in [-0.25, -0.2) is 0 Å². The number of unbranched alkanes of at least 4 members (excludes halogenated alkanes) is 9. The summed E-state index contributed by atoms with van der Waals surface area (Å²) in [5, 5.41) is 0. The molecule has 0 spiro atoms. The van der Waals surface area contributed by atoms with Gasteiger partial charge in [0.05, 0.1) is 18.1 Å². The predicted molar refractivity (Wildman–Crippen MR) is 125 cm³/mol. The van der Waals surface area contributed by atoms with E-state index in [2.05, 4.69) is 13.8 Å². The summed E-state index contributed by atoms with van der Waals surface area (Å²) < 4.78 is 10.6. The molecule has 2 atom stereocenters. The SMILES string of the molecule is CCC(CCCCCCCCCCCCC(=O)OC(C)C)C(CC)C(=O)OC(C)C. The Morgan fingerprint density at radius 1 is 0.633 bits per heavy atom. The monoisotopic (exact) mass is 426 g/mol. The predicted octanol–water partition coefficient (Wildman–Crippen LogP) is 7.62. The molecule has 0 amide bonds. The highest BCUT2D eigenvalue weighted by molar-refractivity contribution is 5.72. The molecule has 0 saturated heterocycles. The molecule has 178 valence electrons. The van der Waals surface area contributed by atoms with Crippen LogP contribution in [0.3, 0.4) is 0 Å². The van der Waals surface area contributed by atoms with Gasteiger partial charge in [0.1, 0.15) is 0 Å². The molecule has 0 rings (SSSR count). The summed E-state index contributed by atoms with van der Waals surface area (Å²) in [6.07, 6.45) is 15.9. The van der Waals surface area contributed by atoms with E-state index >= 15 is 0 Å². The third-order valence-corrected chi connectivity index (χ3v) is 5.76. The number of carbonyl (C=O) groups excluding carboxylic acids is 2. The summed E-state index contributed by atoms with van der Waals surface area (Å²) in [6.45, 7) is 11.9. The molecule has 0 bridgehead atoms. The van der Waals surface area contributed by atoms with Gasteiger partial charge < -0.3 is 9.47 Å². The first-order valence-corrected chi connectivity index (χ1v) is 12.7. The first-order chi connectivity index (χ1) is 14.3. The van der Waals surface area contributed by atoms with Crippen LogP contribution in [0, 0.1) is 11.8 Å². The second-order valence-corrected chi connectivity index (χ2v) is 9.28. The first-order valence-electron chi connectivity index (χ1n) is 12.7. The minimum absolute atomic E-state index is 0.000172. The van der Waals surface area contributed by atoms with E-state index in [1.54, 1.807) is 0 Å². The molecule has 0 saturated carbocycles. The number of rotatable bonds is 19. The van der Waals surface area contributed by atoms with E-state index in [-0.39, 0.29) is 30.1 Å². The standard InChI is InChI=1S/C26H50O4/c1-7-23(24(8-2)26(28)30-22(5)6)19-17-15-13-11-9-10-12-14-16-18-20-25(27)29-21(3)4/h21-24H,7-20H2,1-6H3. The zero-order chi connectivity index (χ0) is 22.8. The van der Waals surface area contributed by atoms with Crippen LogP contribution in [0.2, 0.25) is 0 Å². The van der Waals surface area contributed by atoms with E-state index in [0.29, 0.717) is 12.3 Å². The van der Waals surface area contributed by atoms with Crippen molar-refractivity contribution < 1.29 is 19.1 Å². The fourth-order valence-corrected chi connectivity index (χ4v) is 4.11. The maximum Gasteiger partial charge on any atom is 0.309 e. The van der Waals surface area contributed by atoms with Crippen LogP contribution in [0.4, 0.5) is 0 Å². The maximum absolute atomic E-state index is 12.3. The Morgan fingerprint density at radius 2 is 1.10 bits per heavy atom. The minimum Gasteiger partial charge on any atom is -0.463 e. The Bertz CT molecular complexity index is 431. The van der Waals surface area contributed by atoms with Gasteiger partial charge in [-0.3, -0.25) is 9.59 Å². The van der Waals surface area contributed by atoms with Crippen LogP contribution in [0.1, 0.15) is 131 Å². The van der Waals surface area contributed by atoms with E-state index in [1.165, 1.54) is 51.4 Å². The number of esters is 2. The van der Waals surface area contributed by atoms with Gasteiger partial charge in [0, 0.05) is 6.42 Å². The first kappa shape index (κ1) is 28.9. The average molecular weight is 427 g/mol. The summed E-state index contributed by atoms with van der Waals surface area (Å²) in [6, 6.07) is 0. The molecular formula is C26H50O4. The fourth-order valence-electron chi connectivity index (χ4n) is 4.11. The number of ether oxygens (including phenoxy) is 2. The summed E-state index contributed by atoms with van der Waals surface area (Å²) in [7, 11) is 0. The van der Waals surface area contributed by atoms with Gasteiger partial charge in [0.25, 0.3) is 0 Å². The molecular weight excluding hydrogens is 376 g/mol. The van der Waals surface area contributed by atoms with Gasteiger partial charge in [0.2, 0.25) is 0 Å². The van der Waals surface area contributed by atoms with Crippen molar-refractivity contribution >= 4 is 11.9 Å².